The van der Waals surface area contributed by atoms with Crippen LogP contribution in [-0.4, -0.2) is 31.0 Å². The Labute approximate surface area is 112 Å². The highest BCUT2D eigenvalue weighted by atomic mass is 19.1. The van der Waals surface area contributed by atoms with E-state index >= 15 is 0 Å². The lowest BCUT2D eigenvalue weighted by atomic mass is 10.2. The summed E-state index contributed by atoms with van der Waals surface area (Å²) in [4.78, 5) is 0. The molecule has 0 heterocycles. The van der Waals surface area contributed by atoms with Crippen LogP contribution in [0.4, 0.5) is 10.1 Å². The molecule has 4 nitrogen and oxygen atoms in total. The third-order valence-electron chi connectivity index (χ3n) is 2.39. The Morgan fingerprint density at radius 1 is 1.42 bits per heavy atom. The molecule has 0 fully saturated rings. The van der Waals surface area contributed by atoms with Gasteiger partial charge in [-0.15, -0.1) is 0 Å². The molecule has 0 radical (unpaired) electrons. The molecule has 19 heavy (non-hydrogen) atoms. The lowest BCUT2D eigenvalue weighted by molar-refractivity contribution is 0.0318. The quantitative estimate of drug-likeness (QED) is 0.793. The van der Waals surface area contributed by atoms with Crippen LogP contribution in [0.15, 0.2) is 18.2 Å². The third kappa shape index (κ3) is 5.69. The van der Waals surface area contributed by atoms with E-state index in [1.165, 1.54) is 12.1 Å². The zero-order chi connectivity index (χ0) is 14.3. The normalized spacial score (nSPS) is 12.2. The molecule has 1 aromatic rings. The molecule has 1 unspecified atom stereocenters. The van der Waals surface area contributed by atoms with Crippen molar-refractivity contribution in [1.29, 1.82) is 5.26 Å². The van der Waals surface area contributed by atoms with E-state index in [4.69, 9.17) is 10.00 Å². The molecule has 1 atom stereocenters. The summed E-state index contributed by atoms with van der Waals surface area (Å²) in [6.07, 6.45) is -0.671. The van der Waals surface area contributed by atoms with Crippen molar-refractivity contribution in [2.24, 2.45) is 5.92 Å². The fraction of sp³-hybridized carbons (Fsp3) is 0.500. The molecular formula is C14H19FN2O2. The summed E-state index contributed by atoms with van der Waals surface area (Å²) >= 11 is 0. The van der Waals surface area contributed by atoms with Crippen LogP contribution in [-0.2, 0) is 4.74 Å². The SMILES string of the molecule is CC(C)COCC(O)CNc1ccc(F)cc1C#N. The minimum absolute atomic E-state index is 0.218. The van der Waals surface area contributed by atoms with Gasteiger partial charge in [0.15, 0.2) is 0 Å². The number of anilines is 1. The first-order valence-electron chi connectivity index (χ1n) is 6.22. The molecule has 0 aliphatic rings. The van der Waals surface area contributed by atoms with Crippen LogP contribution in [0.1, 0.15) is 19.4 Å². The highest BCUT2D eigenvalue weighted by molar-refractivity contribution is 5.57. The molecule has 0 amide bonds. The van der Waals surface area contributed by atoms with Crippen molar-refractivity contribution >= 4 is 5.69 Å². The number of aliphatic hydroxyl groups excluding tert-OH is 1. The number of benzene rings is 1. The molecule has 0 bridgehead atoms. The maximum absolute atomic E-state index is 12.9. The van der Waals surface area contributed by atoms with Crippen molar-refractivity contribution in [3.8, 4) is 6.07 Å². The Morgan fingerprint density at radius 3 is 2.79 bits per heavy atom. The van der Waals surface area contributed by atoms with Crippen LogP contribution in [0.3, 0.4) is 0 Å². The van der Waals surface area contributed by atoms with E-state index in [0.717, 1.165) is 6.07 Å². The summed E-state index contributed by atoms with van der Waals surface area (Å²) in [7, 11) is 0. The Hall–Kier alpha value is -1.64. The number of halogens is 1. The lowest BCUT2D eigenvalue weighted by Crippen LogP contribution is -2.26. The predicted molar refractivity (Wildman–Crippen MR) is 71.3 cm³/mol. The molecule has 0 saturated heterocycles. The molecule has 0 saturated carbocycles. The smallest absolute Gasteiger partial charge is 0.124 e. The third-order valence-corrected chi connectivity index (χ3v) is 2.39. The first kappa shape index (κ1) is 15.4. The average molecular weight is 266 g/mol. The monoisotopic (exact) mass is 266 g/mol. The number of nitrogens with one attached hydrogen (secondary N) is 1. The second kappa shape index (κ2) is 7.72. The van der Waals surface area contributed by atoms with Gasteiger partial charge in [-0.05, 0) is 24.1 Å². The zero-order valence-corrected chi connectivity index (χ0v) is 11.2. The minimum Gasteiger partial charge on any atom is -0.389 e. The number of hydrogen-bond donors (Lipinski definition) is 2. The van der Waals surface area contributed by atoms with Gasteiger partial charge in [-0.25, -0.2) is 4.39 Å². The fourth-order valence-electron chi connectivity index (χ4n) is 1.49. The first-order chi connectivity index (χ1) is 9.02. The molecule has 0 aliphatic carbocycles. The van der Waals surface area contributed by atoms with Crippen LogP contribution in [0.5, 0.6) is 0 Å². The molecule has 104 valence electrons. The van der Waals surface area contributed by atoms with Gasteiger partial charge in [-0.3, -0.25) is 0 Å². The molecule has 2 N–H and O–H groups in total. The van der Waals surface area contributed by atoms with Gasteiger partial charge in [0.1, 0.15) is 11.9 Å². The molecule has 0 aliphatic heterocycles. The molecule has 5 heteroatoms. The van der Waals surface area contributed by atoms with Crippen LogP contribution < -0.4 is 5.32 Å². The summed E-state index contributed by atoms with van der Waals surface area (Å²) in [5, 5.41) is 21.5. The van der Waals surface area contributed by atoms with Gasteiger partial charge < -0.3 is 15.2 Å². The Morgan fingerprint density at radius 2 is 2.16 bits per heavy atom. The summed E-state index contributed by atoms with van der Waals surface area (Å²) in [6.45, 7) is 5.13. The van der Waals surface area contributed by atoms with Crippen LogP contribution in [0.25, 0.3) is 0 Å². The molecular weight excluding hydrogens is 247 g/mol. The Kier molecular flexibility index (Phi) is 6.26. The molecule has 1 aromatic carbocycles. The van der Waals surface area contributed by atoms with Crippen molar-refractivity contribution in [3.63, 3.8) is 0 Å². The molecule has 0 spiro atoms. The van der Waals surface area contributed by atoms with Crippen LogP contribution in [0.2, 0.25) is 0 Å². The van der Waals surface area contributed by atoms with Gasteiger partial charge in [0, 0.05) is 13.2 Å². The summed E-state index contributed by atoms with van der Waals surface area (Å²) in [5.41, 5.74) is 0.724. The summed E-state index contributed by atoms with van der Waals surface area (Å²) in [6, 6.07) is 5.81. The van der Waals surface area contributed by atoms with Gasteiger partial charge in [0.05, 0.1) is 24.0 Å². The van der Waals surface area contributed by atoms with Crippen molar-refractivity contribution < 1.29 is 14.2 Å². The fourth-order valence-corrected chi connectivity index (χ4v) is 1.49. The largest absolute Gasteiger partial charge is 0.389 e. The second-order valence-electron chi connectivity index (χ2n) is 4.77. The van der Waals surface area contributed by atoms with Crippen molar-refractivity contribution in [1.82, 2.24) is 0 Å². The van der Waals surface area contributed by atoms with Crippen LogP contribution in [0, 0.1) is 23.1 Å². The molecule has 0 aromatic heterocycles. The van der Waals surface area contributed by atoms with Gasteiger partial charge in [-0.2, -0.15) is 5.26 Å². The standard InChI is InChI=1S/C14H19FN2O2/c1-10(2)8-19-9-13(18)7-17-14-4-3-12(15)5-11(14)6-16/h3-5,10,13,17-18H,7-9H2,1-2H3. The maximum atomic E-state index is 12.9. The van der Waals surface area contributed by atoms with Gasteiger partial charge in [0.2, 0.25) is 0 Å². The number of rotatable bonds is 7. The van der Waals surface area contributed by atoms with Crippen LogP contribution >= 0.6 is 0 Å². The number of nitrogens with zero attached hydrogens (tertiary/aromatic N) is 1. The first-order valence-corrected chi connectivity index (χ1v) is 6.22. The van der Waals surface area contributed by atoms with E-state index in [1.807, 2.05) is 19.9 Å². The zero-order valence-electron chi connectivity index (χ0n) is 11.2. The van der Waals surface area contributed by atoms with E-state index in [1.54, 1.807) is 0 Å². The number of aliphatic hydroxyl groups is 1. The minimum atomic E-state index is -0.671. The topological polar surface area (TPSA) is 65.3 Å². The Bertz CT molecular complexity index is 444. The summed E-state index contributed by atoms with van der Waals surface area (Å²) in [5.74, 6) is -0.0367. The lowest BCUT2D eigenvalue weighted by Gasteiger charge is -2.14. The van der Waals surface area contributed by atoms with Crippen molar-refractivity contribution in [2.75, 3.05) is 25.1 Å². The molecule has 1 rings (SSSR count). The van der Waals surface area contributed by atoms with E-state index in [2.05, 4.69) is 5.32 Å². The van der Waals surface area contributed by atoms with E-state index in [9.17, 15) is 9.50 Å². The summed E-state index contributed by atoms with van der Waals surface area (Å²) < 4.78 is 18.2. The van der Waals surface area contributed by atoms with Gasteiger partial charge in [-0.1, -0.05) is 13.8 Å². The highest BCUT2D eigenvalue weighted by Gasteiger charge is 2.08. The van der Waals surface area contributed by atoms with Crippen molar-refractivity contribution in [3.05, 3.63) is 29.6 Å². The van der Waals surface area contributed by atoms with Crippen molar-refractivity contribution in [2.45, 2.75) is 20.0 Å². The predicted octanol–water partition coefficient (Wildman–Crippen LogP) is 2.14. The second-order valence-corrected chi connectivity index (χ2v) is 4.77. The van der Waals surface area contributed by atoms with E-state index < -0.39 is 11.9 Å². The number of hydrogen-bond acceptors (Lipinski definition) is 4. The van der Waals surface area contributed by atoms with E-state index in [-0.39, 0.29) is 18.7 Å². The van der Waals surface area contributed by atoms with Gasteiger partial charge >= 0.3 is 0 Å². The van der Waals surface area contributed by atoms with E-state index in [0.29, 0.717) is 18.2 Å². The maximum Gasteiger partial charge on any atom is 0.124 e. The highest BCUT2D eigenvalue weighted by Crippen LogP contribution is 2.15. The average Bonchev–Trinajstić information content (AvgIpc) is 2.36. The number of nitriles is 1. The number of ether oxygens (including phenoxy) is 1. The Balaban J connectivity index is 2.42. The van der Waals surface area contributed by atoms with Gasteiger partial charge in [0.25, 0.3) is 0 Å².